The van der Waals surface area contributed by atoms with E-state index >= 15 is 0 Å². The van der Waals surface area contributed by atoms with Gasteiger partial charge in [0.05, 0.1) is 6.10 Å². The summed E-state index contributed by atoms with van der Waals surface area (Å²) in [5, 5.41) is 9.25. The summed E-state index contributed by atoms with van der Waals surface area (Å²) in [6.45, 7) is 1.93. The zero-order chi connectivity index (χ0) is 17.3. The molecule has 0 fully saturated rings. The van der Waals surface area contributed by atoms with E-state index in [2.05, 4.69) is 4.98 Å². The van der Waals surface area contributed by atoms with Gasteiger partial charge in [-0.15, -0.1) is 0 Å². The van der Waals surface area contributed by atoms with Crippen LogP contribution in [0.4, 0.5) is 0 Å². The number of hydrogen-bond acceptors (Lipinski definition) is 5. The number of unbranched alkanes of at least 4 members (excludes halogenated alkanes) is 1. The number of rotatable bonds is 6. The van der Waals surface area contributed by atoms with Crippen LogP contribution in [-0.2, 0) is 20.6 Å². The van der Waals surface area contributed by atoms with E-state index in [0.29, 0.717) is 19.3 Å². The van der Waals surface area contributed by atoms with Gasteiger partial charge >= 0.3 is 5.69 Å². The lowest BCUT2D eigenvalue weighted by Crippen LogP contribution is -2.39. The fraction of sp³-hybridized carbons (Fsp3) is 0.571. The van der Waals surface area contributed by atoms with Crippen molar-refractivity contribution in [3.8, 4) is 0 Å². The number of aliphatic hydroxyl groups excluding tert-OH is 1. The average molecular weight is 323 g/mol. The second-order valence-electron chi connectivity index (χ2n) is 5.67. The second kappa shape index (κ2) is 6.37. The zero-order valence-electron chi connectivity index (χ0n) is 13.4. The Morgan fingerprint density at radius 2 is 1.91 bits per heavy atom. The Hall–Kier alpha value is -2.42. The molecule has 1 amide bonds. The van der Waals surface area contributed by atoms with Crippen molar-refractivity contribution in [2.75, 3.05) is 0 Å². The molecule has 0 aromatic carbocycles. The fourth-order valence-electron chi connectivity index (χ4n) is 2.57. The third-order valence-electron chi connectivity index (χ3n) is 3.83. The van der Waals surface area contributed by atoms with Crippen LogP contribution in [0.1, 0.15) is 36.8 Å². The van der Waals surface area contributed by atoms with Gasteiger partial charge in [-0.2, -0.15) is 0 Å². The molecule has 0 saturated carbocycles. The van der Waals surface area contributed by atoms with Gasteiger partial charge in [0.15, 0.2) is 11.2 Å². The number of nitrogens with zero attached hydrogens (tertiary/aromatic N) is 4. The van der Waals surface area contributed by atoms with Gasteiger partial charge in [0, 0.05) is 20.6 Å². The number of aryl methyl sites for hydroxylation is 2. The maximum absolute atomic E-state index is 12.6. The Balaban J connectivity index is 2.51. The first-order valence-corrected chi connectivity index (χ1v) is 7.39. The summed E-state index contributed by atoms with van der Waals surface area (Å²) in [5.41, 5.74) is 4.55. The number of carbonyl (C=O) groups is 1. The quantitative estimate of drug-likeness (QED) is 0.665. The predicted molar refractivity (Wildman–Crippen MR) is 84.3 cm³/mol. The molecule has 2 aromatic rings. The van der Waals surface area contributed by atoms with Crippen LogP contribution in [0, 0.1) is 0 Å². The molecular weight excluding hydrogens is 302 g/mol. The number of fused-ring (bicyclic) bond motifs is 1. The van der Waals surface area contributed by atoms with Gasteiger partial charge in [0.1, 0.15) is 0 Å². The van der Waals surface area contributed by atoms with Gasteiger partial charge in [0.25, 0.3) is 11.5 Å². The number of amides is 1. The van der Waals surface area contributed by atoms with Gasteiger partial charge in [-0.25, -0.2) is 9.78 Å². The summed E-state index contributed by atoms with van der Waals surface area (Å²) in [6, 6.07) is 0. The van der Waals surface area contributed by atoms with E-state index in [-0.39, 0.29) is 23.5 Å². The number of aromatic nitrogens is 4. The largest absolute Gasteiger partial charge is 0.393 e. The third kappa shape index (κ3) is 3.04. The van der Waals surface area contributed by atoms with E-state index in [0.717, 1.165) is 4.57 Å². The van der Waals surface area contributed by atoms with Crippen molar-refractivity contribution in [3.63, 3.8) is 0 Å². The van der Waals surface area contributed by atoms with Crippen molar-refractivity contribution >= 4 is 17.1 Å². The maximum atomic E-state index is 12.6. The molecule has 9 heteroatoms. The van der Waals surface area contributed by atoms with Crippen molar-refractivity contribution in [1.29, 1.82) is 0 Å². The first-order valence-electron chi connectivity index (χ1n) is 7.39. The molecule has 2 aromatic heterocycles. The summed E-state index contributed by atoms with van der Waals surface area (Å²) in [7, 11) is 3.01. The summed E-state index contributed by atoms with van der Waals surface area (Å²) in [5.74, 6) is -0.835. The van der Waals surface area contributed by atoms with Gasteiger partial charge in [0.2, 0.25) is 5.82 Å². The monoisotopic (exact) mass is 323 g/mol. The molecule has 0 aliphatic heterocycles. The Labute approximate surface area is 132 Å². The van der Waals surface area contributed by atoms with Crippen molar-refractivity contribution in [2.24, 2.45) is 19.8 Å². The van der Waals surface area contributed by atoms with Crippen LogP contribution in [0.3, 0.4) is 0 Å². The summed E-state index contributed by atoms with van der Waals surface area (Å²) >= 11 is 0. The highest BCUT2D eigenvalue weighted by atomic mass is 16.3. The Bertz CT molecular complexity index is 859. The van der Waals surface area contributed by atoms with Crippen molar-refractivity contribution in [3.05, 3.63) is 26.7 Å². The molecule has 9 nitrogen and oxygen atoms in total. The van der Waals surface area contributed by atoms with E-state index in [9.17, 15) is 19.5 Å². The Morgan fingerprint density at radius 3 is 2.48 bits per heavy atom. The van der Waals surface area contributed by atoms with Crippen molar-refractivity contribution < 1.29 is 9.90 Å². The molecule has 0 unspecified atom stereocenters. The minimum atomic E-state index is -0.765. The van der Waals surface area contributed by atoms with E-state index in [1.54, 1.807) is 6.92 Å². The first-order chi connectivity index (χ1) is 10.8. The van der Waals surface area contributed by atoms with Gasteiger partial charge in [-0.3, -0.25) is 18.7 Å². The van der Waals surface area contributed by atoms with E-state index in [1.807, 2.05) is 0 Å². The fourth-order valence-corrected chi connectivity index (χ4v) is 2.57. The minimum absolute atomic E-state index is 0.0704. The molecule has 0 bridgehead atoms. The molecule has 0 aliphatic carbocycles. The SMILES string of the molecule is C[C@@H](O)CCCCn1c(=O)c2c(nc(C(N)=O)n2C)n(C)c1=O. The highest BCUT2D eigenvalue weighted by Gasteiger charge is 2.20. The molecule has 2 rings (SSSR count). The lowest BCUT2D eigenvalue weighted by Gasteiger charge is -2.09. The van der Waals surface area contributed by atoms with Gasteiger partial charge in [-0.05, 0) is 26.2 Å². The molecule has 0 aliphatic rings. The number of nitrogens with two attached hydrogens (primary N) is 1. The van der Waals surface area contributed by atoms with Crippen LogP contribution in [0.2, 0.25) is 0 Å². The van der Waals surface area contributed by atoms with E-state index in [1.165, 1.54) is 23.2 Å². The van der Waals surface area contributed by atoms with Crippen LogP contribution in [0.5, 0.6) is 0 Å². The highest BCUT2D eigenvalue weighted by Crippen LogP contribution is 2.09. The minimum Gasteiger partial charge on any atom is -0.393 e. The Kier molecular flexibility index (Phi) is 4.69. The number of hydrogen-bond donors (Lipinski definition) is 2. The molecule has 0 radical (unpaired) electrons. The number of primary amides is 1. The zero-order valence-corrected chi connectivity index (χ0v) is 13.4. The maximum Gasteiger partial charge on any atom is 0.332 e. The Morgan fingerprint density at radius 1 is 1.26 bits per heavy atom. The predicted octanol–water partition coefficient (Wildman–Crippen LogP) is -0.916. The van der Waals surface area contributed by atoms with Crippen molar-refractivity contribution in [1.82, 2.24) is 18.7 Å². The average Bonchev–Trinajstić information content (AvgIpc) is 2.82. The number of imidazole rings is 1. The number of aliphatic hydroxyl groups is 1. The molecule has 0 spiro atoms. The third-order valence-corrected chi connectivity index (χ3v) is 3.83. The van der Waals surface area contributed by atoms with Gasteiger partial charge in [-0.1, -0.05) is 0 Å². The van der Waals surface area contributed by atoms with E-state index < -0.39 is 23.3 Å². The van der Waals surface area contributed by atoms with Gasteiger partial charge < -0.3 is 15.4 Å². The molecular formula is C14H21N5O4. The normalized spacial score (nSPS) is 12.7. The smallest absolute Gasteiger partial charge is 0.332 e. The lowest BCUT2D eigenvalue weighted by molar-refractivity contribution is 0.0988. The van der Waals surface area contributed by atoms with E-state index in [4.69, 9.17) is 5.73 Å². The lowest BCUT2D eigenvalue weighted by atomic mass is 10.2. The molecule has 2 heterocycles. The molecule has 23 heavy (non-hydrogen) atoms. The van der Waals surface area contributed by atoms with Crippen LogP contribution >= 0.6 is 0 Å². The molecule has 1 atom stereocenters. The topological polar surface area (TPSA) is 125 Å². The second-order valence-corrected chi connectivity index (χ2v) is 5.67. The number of carbonyl (C=O) groups excluding carboxylic acids is 1. The van der Waals surface area contributed by atoms with Crippen LogP contribution in [0.25, 0.3) is 11.2 Å². The standard InChI is InChI=1S/C14H21N5O4/c1-8(20)6-4-5-7-19-13(22)9-11(18(3)14(19)23)16-12(10(15)21)17(9)2/h8,20H,4-7H2,1-3H3,(H2,15,21)/t8-/m1/s1. The summed E-state index contributed by atoms with van der Waals surface area (Å²) < 4.78 is 3.67. The van der Waals surface area contributed by atoms with Crippen molar-refractivity contribution in [2.45, 2.75) is 38.8 Å². The molecule has 0 saturated heterocycles. The summed E-state index contributed by atoms with van der Waals surface area (Å²) in [6.07, 6.45) is 1.48. The van der Waals surface area contributed by atoms with Crippen LogP contribution < -0.4 is 17.0 Å². The van der Waals surface area contributed by atoms with Crippen LogP contribution in [-0.4, -0.2) is 35.8 Å². The first kappa shape index (κ1) is 16.9. The van der Waals surface area contributed by atoms with Crippen LogP contribution in [0.15, 0.2) is 9.59 Å². The molecule has 126 valence electrons. The summed E-state index contributed by atoms with van der Waals surface area (Å²) in [4.78, 5) is 40.3. The highest BCUT2D eigenvalue weighted by molar-refractivity contribution is 5.92. The molecule has 3 N–H and O–H groups in total.